The van der Waals surface area contributed by atoms with E-state index in [9.17, 15) is 39.6 Å². The van der Waals surface area contributed by atoms with Gasteiger partial charge >= 0.3 is 6.18 Å². The summed E-state index contributed by atoms with van der Waals surface area (Å²) in [7, 11) is -4.69. The van der Waals surface area contributed by atoms with Gasteiger partial charge in [-0.05, 0) is 49.2 Å². The van der Waals surface area contributed by atoms with Crippen LogP contribution in [0.2, 0.25) is 0 Å². The van der Waals surface area contributed by atoms with Crippen LogP contribution in [-0.2, 0) is 25.6 Å². The summed E-state index contributed by atoms with van der Waals surface area (Å²) >= 11 is 0. The molecule has 3 nitrogen and oxygen atoms in total. The molecule has 0 spiro atoms. The number of halogens is 6. The molecule has 0 N–H and O–H groups in total. The first-order valence-corrected chi connectivity index (χ1v) is 9.96. The van der Waals surface area contributed by atoms with Gasteiger partial charge in [0, 0.05) is 18.4 Å². The topological polar surface area (TPSA) is 51.2 Å². The fourth-order valence-corrected chi connectivity index (χ4v) is 5.72. The molecule has 0 bridgehead atoms. The van der Waals surface area contributed by atoms with Gasteiger partial charge in [-0.1, -0.05) is 0 Å². The van der Waals surface area contributed by atoms with Gasteiger partial charge in [-0.3, -0.25) is 4.79 Å². The number of hydrogen-bond donors (Lipinski definition) is 0. The summed E-state index contributed by atoms with van der Waals surface area (Å²) in [6, 6.07) is 3.52. The van der Waals surface area contributed by atoms with E-state index in [0.717, 1.165) is 0 Å². The molecule has 0 atom stereocenters. The molecular weight excluding hydrogens is 422 g/mol. The molecule has 1 saturated carbocycles. The van der Waals surface area contributed by atoms with E-state index in [1.165, 1.54) is 0 Å². The van der Waals surface area contributed by atoms with Crippen LogP contribution in [0.3, 0.4) is 0 Å². The van der Waals surface area contributed by atoms with Crippen LogP contribution >= 0.6 is 0 Å². The van der Waals surface area contributed by atoms with Crippen LogP contribution in [0.4, 0.5) is 26.3 Å². The fraction of sp³-hybridized carbons (Fsp3) is 0.316. The van der Waals surface area contributed by atoms with Crippen LogP contribution in [0.1, 0.15) is 36.8 Å². The van der Waals surface area contributed by atoms with Gasteiger partial charge in [0.25, 0.3) is 0 Å². The molecule has 0 aromatic heterocycles. The summed E-state index contributed by atoms with van der Waals surface area (Å²) in [5, 5.41) is 0. The number of hydrogen-bond acceptors (Lipinski definition) is 3. The molecule has 29 heavy (non-hydrogen) atoms. The Bertz CT molecular complexity index is 1050. The van der Waals surface area contributed by atoms with Crippen molar-refractivity contribution in [3.05, 3.63) is 65.0 Å². The highest BCUT2D eigenvalue weighted by Gasteiger charge is 2.51. The summed E-state index contributed by atoms with van der Waals surface area (Å²) in [4.78, 5) is 11.0. The summed E-state index contributed by atoms with van der Waals surface area (Å²) in [6.45, 7) is 0. The van der Waals surface area contributed by atoms with Crippen molar-refractivity contribution in [1.82, 2.24) is 0 Å². The van der Waals surface area contributed by atoms with Gasteiger partial charge in [0.1, 0.15) is 16.3 Å². The van der Waals surface area contributed by atoms with Crippen LogP contribution in [0.25, 0.3) is 0 Å². The van der Waals surface area contributed by atoms with E-state index >= 15 is 0 Å². The number of alkyl halides is 3. The Hall–Kier alpha value is -2.36. The third-order valence-corrected chi connectivity index (χ3v) is 7.66. The number of ketones is 1. The van der Waals surface area contributed by atoms with E-state index in [1.807, 2.05) is 0 Å². The molecule has 10 heteroatoms. The minimum Gasteiger partial charge on any atom is -0.300 e. The minimum absolute atomic E-state index is 0.324. The van der Waals surface area contributed by atoms with E-state index in [2.05, 4.69) is 0 Å². The van der Waals surface area contributed by atoms with Crippen LogP contribution in [0.15, 0.2) is 41.3 Å². The third kappa shape index (κ3) is 3.54. The molecule has 0 unspecified atom stereocenters. The van der Waals surface area contributed by atoms with Gasteiger partial charge in [0.05, 0.1) is 10.5 Å². The lowest BCUT2D eigenvalue weighted by molar-refractivity contribution is -0.137. The molecule has 156 valence electrons. The van der Waals surface area contributed by atoms with E-state index in [1.54, 1.807) is 0 Å². The smallest absolute Gasteiger partial charge is 0.300 e. The van der Waals surface area contributed by atoms with E-state index < -0.39 is 67.1 Å². The van der Waals surface area contributed by atoms with Crippen LogP contribution < -0.4 is 0 Å². The van der Waals surface area contributed by atoms with Gasteiger partial charge in [0.15, 0.2) is 21.5 Å². The molecule has 0 amide bonds. The molecule has 1 aliphatic rings. The van der Waals surface area contributed by atoms with Crippen molar-refractivity contribution in [2.45, 2.75) is 41.5 Å². The molecule has 1 fully saturated rings. The molecule has 2 aromatic carbocycles. The van der Waals surface area contributed by atoms with E-state index in [4.69, 9.17) is 0 Å². The van der Waals surface area contributed by atoms with Gasteiger partial charge < -0.3 is 0 Å². The largest absolute Gasteiger partial charge is 0.416 e. The lowest BCUT2D eigenvalue weighted by Gasteiger charge is -2.37. The monoisotopic (exact) mass is 436 g/mol. The SMILES string of the molecule is O=C1CCC(c2c(F)ccc(F)c2F)(S(=O)(=O)c2ccc(C(F)(F)F)cc2)CC1. The highest BCUT2D eigenvalue weighted by molar-refractivity contribution is 7.92. The predicted molar refractivity (Wildman–Crippen MR) is 90.1 cm³/mol. The zero-order valence-corrected chi connectivity index (χ0v) is 15.5. The normalized spacial score (nSPS) is 17.4. The Morgan fingerprint density at radius 1 is 0.828 bits per heavy atom. The first-order chi connectivity index (χ1) is 13.4. The molecule has 1 aliphatic carbocycles. The van der Waals surface area contributed by atoms with Crippen LogP contribution in [0.5, 0.6) is 0 Å². The quantitative estimate of drug-likeness (QED) is 0.506. The highest BCUT2D eigenvalue weighted by Crippen LogP contribution is 2.48. The maximum atomic E-state index is 14.5. The van der Waals surface area contributed by atoms with Crippen molar-refractivity contribution in [1.29, 1.82) is 0 Å². The van der Waals surface area contributed by atoms with Gasteiger partial charge in [0.2, 0.25) is 0 Å². The maximum absolute atomic E-state index is 14.5. The molecule has 0 aliphatic heterocycles. The number of carbonyl (C=O) groups is 1. The summed E-state index contributed by atoms with van der Waals surface area (Å²) in [5.41, 5.74) is -2.14. The van der Waals surface area contributed by atoms with Crippen molar-refractivity contribution in [3.8, 4) is 0 Å². The second kappa shape index (κ2) is 7.16. The van der Waals surface area contributed by atoms with E-state index in [0.29, 0.717) is 36.4 Å². The maximum Gasteiger partial charge on any atom is 0.416 e. The second-order valence-corrected chi connectivity index (χ2v) is 9.04. The third-order valence-electron chi connectivity index (χ3n) is 5.12. The lowest BCUT2D eigenvalue weighted by Crippen LogP contribution is -2.41. The number of benzene rings is 2. The number of Topliss-reactive ketones (excluding diaryl/α,β-unsaturated/α-hetero) is 1. The average molecular weight is 436 g/mol. The lowest BCUT2D eigenvalue weighted by atomic mass is 9.82. The molecule has 0 radical (unpaired) electrons. The summed E-state index contributed by atoms with van der Waals surface area (Å²) in [6.07, 6.45) is -6.40. The highest BCUT2D eigenvalue weighted by atomic mass is 32.2. The zero-order chi connectivity index (χ0) is 21.6. The Balaban J connectivity index is 2.23. The van der Waals surface area contributed by atoms with Crippen molar-refractivity contribution < 1.29 is 39.6 Å². The minimum atomic E-state index is -4.71. The van der Waals surface area contributed by atoms with Gasteiger partial charge in [-0.25, -0.2) is 21.6 Å². The number of carbonyl (C=O) groups excluding carboxylic acids is 1. The van der Waals surface area contributed by atoms with Crippen molar-refractivity contribution in [2.24, 2.45) is 0 Å². The number of rotatable bonds is 3. The molecule has 0 heterocycles. The molecule has 3 rings (SSSR count). The molecular formula is C19H14F6O3S. The van der Waals surface area contributed by atoms with Crippen LogP contribution in [-0.4, -0.2) is 14.2 Å². The molecule has 2 aromatic rings. The fourth-order valence-electron chi connectivity index (χ4n) is 3.58. The van der Waals surface area contributed by atoms with Gasteiger partial charge in [-0.2, -0.15) is 13.2 Å². The van der Waals surface area contributed by atoms with E-state index in [-0.39, 0.29) is 18.6 Å². The average Bonchev–Trinajstić information content (AvgIpc) is 2.66. The molecule has 0 saturated heterocycles. The Morgan fingerprint density at radius 3 is 1.86 bits per heavy atom. The number of sulfone groups is 1. The zero-order valence-electron chi connectivity index (χ0n) is 14.7. The Labute approximate surface area is 162 Å². The standard InChI is InChI=1S/C19H14F6O3S/c20-14-5-6-15(21)17(22)16(14)18(9-7-12(26)8-10-18)29(27,28)13-3-1-11(2-4-13)19(23,24)25/h1-6H,7-10H2. The first-order valence-electron chi connectivity index (χ1n) is 8.48. The van der Waals surface area contributed by atoms with Crippen molar-refractivity contribution >= 4 is 15.6 Å². The van der Waals surface area contributed by atoms with Crippen LogP contribution in [0, 0.1) is 17.5 Å². The predicted octanol–water partition coefficient (Wildman–Crippen LogP) is 4.94. The summed E-state index contributed by atoms with van der Waals surface area (Å²) < 4.78 is 106. The summed E-state index contributed by atoms with van der Waals surface area (Å²) in [5.74, 6) is -4.82. The van der Waals surface area contributed by atoms with Crippen molar-refractivity contribution in [3.63, 3.8) is 0 Å². The Kier molecular flexibility index (Phi) is 5.27. The Morgan fingerprint density at radius 2 is 1.34 bits per heavy atom. The second-order valence-electron chi connectivity index (χ2n) is 6.78. The van der Waals surface area contributed by atoms with Gasteiger partial charge in [-0.15, -0.1) is 0 Å². The van der Waals surface area contributed by atoms with Crippen molar-refractivity contribution in [2.75, 3.05) is 0 Å². The first kappa shape index (κ1) is 21.4.